The summed E-state index contributed by atoms with van der Waals surface area (Å²) < 4.78 is 13.5. The standard InChI is InChI=1S/C16H19FN2/c1-10-8-9-14(12(3)11(10)2)19(4)15-7-5-6-13(17)16(15)18/h5-9H,18H2,1-4H3. The quantitative estimate of drug-likeness (QED) is 0.822. The summed E-state index contributed by atoms with van der Waals surface area (Å²) in [5.74, 6) is -0.383. The predicted octanol–water partition coefficient (Wildman–Crippen LogP) is 4.10. The summed E-state index contributed by atoms with van der Waals surface area (Å²) in [6.45, 7) is 6.25. The molecule has 0 heterocycles. The van der Waals surface area contributed by atoms with Crippen molar-refractivity contribution in [1.82, 2.24) is 0 Å². The second-order valence-corrected chi connectivity index (χ2v) is 4.88. The molecular formula is C16H19FN2. The van der Waals surface area contributed by atoms with Gasteiger partial charge in [0.25, 0.3) is 0 Å². The Morgan fingerprint density at radius 1 is 0.947 bits per heavy atom. The van der Waals surface area contributed by atoms with Gasteiger partial charge in [0, 0.05) is 12.7 Å². The maximum atomic E-state index is 13.5. The van der Waals surface area contributed by atoms with E-state index in [0.29, 0.717) is 5.69 Å². The van der Waals surface area contributed by atoms with E-state index in [0.717, 1.165) is 5.69 Å². The van der Waals surface area contributed by atoms with E-state index in [9.17, 15) is 4.39 Å². The van der Waals surface area contributed by atoms with E-state index in [1.165, 1.54) is 22.8 Å². The molecule has 0 saturated heterocycles. The number of aryl methyl sites for hydroxylation is 1. The van der Waals surface area contributed by atoms with Gasteiger partial charge in [0.15, 0.2) is 0 Å². The molecular weight excluding hydrogens is 239 g/mol. The van der Waals surface area contributed by atoms with E-state index in [1.807, 2.05) is 24.1 Å². The lowest BCUT2D eigenvalue weighted by Gasteiger charge is -2.24. The topological polar surface area (TPSA) is 29.3 Å². The molecule has 0 aliphatic rings. The zero-order valence-electron chi connectivity index (χ0n) is 11.8. The number of nitrogens with two attached hydrogens (primary N) is 1. The average Bonchev–Trinajstić information content (AvgIpc) is 2.39. The molecule has 0 spiro atoms. The highest BCUT2D eigenvalue weighted by atomic mass is 19.1. The monoisotopic (exact) mass is 258 g/mol. The first-order valence-electron chi connectivity index (χ1n) is 6.28. The van der Waals surface area contributed by atoms with Gasteiger partial charge in [-0.25, -0.2) is 4.39 Å². The predicted molar refractivity (Wildman–Crippen MR) is 79.5 cm³/mol. The third-order valence-electron chi connectivity index (χ3n) is 3.78. The number of anilines is 3. The largest absolute Gasteiger partial charge is 0.395 e. The van der Waals surface area contributed by atoms with Crippen molar-refractivity contribution in [2.24, 2.45) is 0 Å². The molecule has 0 saturated carbocycles. The van der Waals surface area contributed by atoms with Crippen LogP contribution in [-0.2, 0) is 0 Å². The Kier molecular flexibility index (Phi) is 3.47. The lowest BCUT2D eigenvalue weighted by atomic mass is 10.0. The van der Waals surface area contributed by atoms with Gasteiger partial charge in [0.05, 0.1) is 11.4 Å². The molecule has 0 amide bonds. The van der Waals surface area contributed by atoms with Crippen molar-refractivity contribution in [1.29, 1.82) is 0 Å². The van der Waals surface area contributed by atoms with Crippen molar-refractivity contribution in [2.75, 3.05) is 17.7 Å². The molecule has 100 valence electrons. The number of hydrogen-bond donors (Lipinski definition) is 1. The summed E-state index contributed by atoms with van der Waals surface area (Å²) in [6.07, 6.45) is 0. The maximum Gasteiger partial charge on any atom is 0.148 e. The number of nitrogen functional groups attached to an aromatic ring is 1. The maximum absolute atomic E-state index is 13.5. The van der Waals surface area contributed by atoms with Crippen LogP contribution in [0, 0.1) is 26.6 Å². The highest BCUT2D eigenvalue weighted by Gasteiger charge is 2.13. The van der Waals surface area contributed by atoms with Crippen molar-refractivity contribution in [3.05, 3.63) is 52.8 Å². The van der Waals surface area contributed by atoms with E-state index >= 15 is 0 Å². The molecule has 0 unspecified atom stereocenters. The van der Waals surface area contributed by atoms with Crippen LogP contribution in [0.4, 0.5) is 21.5 Å². The molecule has 0 fully saturated rings. The van der Waals surface area contributed by atoms with Gasteiger partial charge in [0.1, 0.15) is 5.82 Å². The van der Waals surface area contributed by atoms with E-state index in [-0.39, 0.29) is 11.5 Å². The van der Waals surface area contributed by atoms with Gasteiger partial charge in [-0.3, -0.25) is 0 Å². The normalized spacial score (nSPS) is 10.6. The van der Waals surface area contributed by atoms with E-state index < -0.39 is 0 Å². The van der Waals surface area contributed by atoms with Gasteiger partial charge in [-0.2, -0.15) is 0 Å². The molecule has 2 aromatic carbocycles. The number of halogens is 1. The molecule has 0 bridgehead atoms. The van der Waals surface area contributed by atoms with E-state index in [4.69, 9.17) is 5.73 Å². The number of nitrogens with zero attached hydrogens (tertiary/aromatic N) is 1. The summed E-state index contributed by atoms with van der Waals surface area (Å²) in [5, 5.41) is 0. The molecule has 2 rings (SSSR count). The van der Waals surface area contributed by atoms with Crippen LogP contribution in [0.2, 0.25) is 0 Å². The summed E-state index contributed by atoms with van der Waals surface area (Å²) >= 11 is 0. The lowest BCUT2D eigenvalue weighted by Crippen LogP contribution is -2.14. The second kappa shape index (κ2) is 4.92. The molecule has 0 aliphatic heterocycles. The third-order valence-corrected chi connectivity index (χ3v) is 3.78. The Morgan fingerprint density at radius 2 is 1.63 bits per heavy atom. The molecule has 0 aromatic heterocycles. The number of rotatable bonds is 2. The first-order chi connectivity index (χ1) is 8.93. The van der Waals surface area contributed by atoms with Crippen LogP contribution in [-0.4, -0.2) is 7.05 Å². The zero-order valence-corrected chi connectivity index (χ0v) is 11.8. The number of para-hydroxylation sites is 1. The van der Waals surface area contributed by atoms with Crippen LogP contribution >= 0.6 is 0 Å². The van der Waals surface area contributed by atoms with Crippen LogP contribution in [0.1, 0.15) is 16.7 Å². The number of benzene rings is 2. The smallest absolute Gasteiger partial charge is 0.148 e. The minimum Gasteiger partial charge on any atom is -0.395 e. The fraction of sp³-hybridized carbons (Fsp3) is 0.250. The van der Waals surface area contributed by atoms with Crippen molar-refractivity contribution in [3.63, 3.8) is 0 Å². The number of hydrogen-bond acceptors (Lipinski definition) is 2. The molecule has 2 nitrogen and oxygen atoms in total. The minimum absolute atomic E-state index is 0.183. The zero-order chi connectivity index (χ0) is 14.2. The molecule has 0 radical (unpaired) electrons. The molecule has 3 heteroatoms. The molecule has 0 aliphatic carbocycles. The second-order valence-electron chi connectivity index (χ2n) is 4.88. The van der Waals surface area contributed by atoms with E-state index in [1.54, 1.807) is 6.07 Å². The fourth-order valence-corrected chi connectivity index (χ4v) is 2.25. The molecule has 2 N–H and O–H groups in total. The molecule has 19 heavy (non-hydrogen) atoms. The first-order valence-corrected chi connectivity index (χ1v) is 6.28. The first kappa shape index (κ1) is 13.4. The minimum atomic E-state index is -0.383. The Balaban J connectivity index is 2.53. The van der Waals surface area contributed by atoms with E-state index in [2.05, 4.69) is 26.8 Å². The lowest BCUT2D eigenvalue weighted by molar-refractivity contribution is 0.632. The van der Waals surface area contributed by atoms with Crippen LogP contribution < -0.4 is 10.6 Å². The van der Waals surface area contributed by atoms with Gasteiger partial charge < -0.3 is 10.6 Å². The Hall–Kier alpha value is -2.03. The SMILES string of the molecule is Cc1ccc(N(C)c2cccc(F)c2N)c(C)c1C. The average molecular weight is 258 g/mol. The van der Waals surface area contributed by atoms with Crippen LogP contribution in [0.25, 0.3) is 0 Å². The Labute approximate surface area is 113 Å². The van der Waals surface area contributed by atoms with Crippen molar-refractivity contribution < 1.29 is 4.39 Å². The summed E-state index contributed by atoms with van der Waals surface area (Å²) in [5.41, 5.74) is 11.4. The van der Waals surface area contributed by atoms with Crippen LogP contribution in [0.3, 0.4) is 0 Å². The Bertz CT molecular complexity index is 620. The van der Waals surface area contributed by atoms with Gasteiger partial charge in [-0.1, -0.05) is 12.1 Å². The third kappa shape index (κ3) is 2.28. The van der Waals surface area contributed by atoms with Crippen molar-refractivity contribution in [2.45, 2.75) is 20.8 Å². The Morgan fingerprint density at radius 3 is 2.32 bits per heavy atom. The summed E-state index contributed by atoms with van der Waals surface area (Å²) in [7, 11) is 1.90. The highest BCUT2D eigenvalue weighted by Crippen LogP contribution is 2.33. The highest BCUT2D eigenvalue weighted by molar-refractivity contribution is 5.76. The van der Waals surface area contributed by atoms with Gasteiger partial charge in [0.2, 0.25) is 0 Å². The molecule has 0 atom stereocenters. The van der Waals surface area contributed by atoms with Crippen molar-refractivity contribution in [3.8, 4) is 0 Å². The van der Waals surface area contributed by atoms with Gasteiger partial charge in [-0.05, 0) is 55.7 Å². The van der Waals surface area contributed by atoms with Crippen LogP contribution in [0.5, 0.6) is 0 Å². The summed E-state index contributed by atoms with van der Waals surface area (Å²) in [4.78, 5) is 1.93. The fourth-order valence-electron chi connectivity index (χ4n) is 2.25. The van der Waals surface area contributed by atoms with Gasteiger partial charge >= 0.3 is 0 Å². The molecule has 2 aromatic rings. The van der Waals surface area contributed by atoms with Crippen molar-refractivity contribution >= 4 is 17.1 Å². The van der Waals surface area contributed by atoms with Crippen LogP contribution in [0.15, 0.2) is 30.3 Å². The van der Waals surface area contributed by atoms with Gasteiger partial charge in [-0.15, -0.1) is 0 Å². The summed E-state index contributed by atoms with van der Waals surface area (Å²) in [6, 6.07) is 8.99.